The Labute approximate surface area is 281 Å². The van der Waals surface area contributed by atoms with E-state index in [9.17, 15) is 41.4 Å². The number of aromatic nitrogens is 6. The fraction of sp³-hybridized carbons (Fsp3) is 0.633. The average molecular weight is 711 g/mol. The Hall–Kier alpha value is -4.62. The minimum absolute atomic E-state index is 0.0636. The maximum Gasteiger partial charge on any atom is 0.453 e. The molecular weight excluding hydrogens is 675 g/mol. The Morgan fingerprint density at radius 2 is 1.74 bits per heavy atom. The molecule has 15 nitrogen and oxygen atoms in total. The van der Waals surface area contributed by atoms with E-state index in [0.29, 0.717) is 32.0 Å². The number of alkyl halides is 5. The van der Waals surface area contributed by atoms with E-state index >= 15 is 0 Å². The van der Waals surface area contributed by atoms with Gasteiger partial charge < -0.3 is 34.4 Å². The highest BCUT2D eigenvalue weighted by atomic mass is 19.4. The zero-order chi connectivity index (χ0) is 35.7. The predicted octanol–water partition coefficient (Wildman–Crippen LogP) is 1.15. The minimum atomic E-state index is -5.67. The second-order valence-corrected chi connectivity index (χ2v) is 13.1. The lowest BCUT2D eigenvalue weighted by atomic mass is 9.75. The van der Waals surface area contributed by atoms with Gasteiger partial charge >= 0.3 is 12.1 Å². The molecule has 2 N–H and O–H groups in total. The third-order valence-electron chi connectivity index (χ3n) is 10.4. The molecule has 0 spiro atoms. The first-order chi connectivity index (χ1) is 23.7. The van der Waals surface area contributed by atoms with Gasteiger partial charge in [-0.2, -0.15) is 31.5 Å². The van der Waals surface area contributed by atoms with Crippen LogP contribution in [-0.2, 0) is 22.5 Å². The summed E-state index contributed by atoms with van der Waals surface area (Å²) in [5.41, 5.74) is -1.91. The summed E-state index contributed by atoms with van der Waals surface area (Å²) in [6.45, 7) is 5.45. The maximum atomic E-state index is 14.2. The second kappa shape index (κ2) is 12.0. The van der Waals surface area contributed by atoms with Gasteiger partial charge in [-0.3, -0.25) is 14.4 Å². The van der Waals surface area contributed by atoms with Crippen LogP contribution in [0.15, 0.2) is 11.1 Å². The monoisotopic (exact) mass is 710 g/mol. The van der Waals surface area contributed by atoms with E-state index in [1.165, 1.54) is 15.8 Å². The standard InChI is InChI=1S/C30H35F5N10O5/c1-3-19-22(41-4-6-42(7-5-41)24(48)21-23(47)16(2)36-15-37-21)25(49)45-27(39-26(40-45)43-8-10-50-11-9-43)44(19)14-20(46)38-18-13-28(12-17(18)28)29(31,32)30(33,34)35/h15,17-18,47H,3-14H2,1-2H3,(H,38,46)/t17?,18-,28+/m1/s1. The van der Waals surface area contributed by atoms with E-state index in [2.05, 4.69) is 25.4 Å². The van der Waals surface area contributed by atoms with Crippen LogP contribution in [-0.4, -0.2) is 122 Å². The summed E-state index contributed by atoms with van der Waals surface area (Å²) in [4.78, 5) is 58.3. The molecule has 1 unspecified atom stereocenters. The molecule has 20 heteroatoms. The number of nitrogens with one attached hydrogen (secondary N) is 1. The SMILES string of the molecule is CCc1c(N2CCN(C(=O)c3ncnc(C)c3O)CC2)c(=O)n2nc(N3CCOCC3)nc2n1CC(=O)N[C@@H]1C[C@@]2(C(F)(F)C(F)(F)F)CC12. The van der Waals surface area contributed by atoms with Crippen LogP contribution in [0.5, 0.6) is 5.75 Å². The minimum Gasteiger partial charge on any atom is -0.504 e. The fourth-order valence-electron chi connectivity index (χ4n) is 7.51. The lowest BCUT2D eigenvalue weighted by molar-refractivity contribution is -0.320. The Kier molecular flexibility index (Phi) is 8.13. The second-order valence-electron chi connectivity index (χ2n) is 13.1. The van der Waals surface area contributed by atoms with Crippen LogP contribution < -0.4 is 20.7 Å². The summed E-state index contributed by atoms with van der Waals surface area (Å²) in [5.74, 6) is -6.98. The summed E-state index contributed by atoms with van der Waals surface area (Å²) in [7, 11) is 0. The van der Waals surface area contributed by atoms with Gasteiger partial charge in [0.1, 0.15) is 18.6 Å². The van der Waals surface area contributed by atoms with Crippen molar-refractivity contribution in [2.45, 2.75) is 57.8 Å². The van der Waals surface area contributed by atoms with Crippen LogP contribution in [0.3, 0.4) is 0 Å². The summed E-state index contributed by atoms with van der Waals surface area (Å²) in [6, 6.07) is -0.846. The number of hydrogen-bond acceptors (Lipinski definition) is 11. The molecule has 3 atom stereocenters. The molecule has 2 saturated heterocycles. The Bertz CT molecular complexity index is 1900. The maximum absolute atomic E-state index is 14.2. The molecule has 4 fully saturated rings. The Balaban J connectivity index is 1.16. The van der Waals surface area contributed by atoms with E-state index in [4.69, 9.17) is 4.74 Å². The Morgan fingerprint density at radius 1 is 1.04 bits per heavy atom. The lowest BCUT2D eigenvalue weighted by Crippen LogP contribution is -2.57. The molecule has 50 heavy (non-hydrogen) atoms. The van der Waals surface area contributed by atoms with Gasteiger partial charge in [-0.25, -0.2) is 9.97 Å². The molecule has 0 radical (unpaired) electrons. The number of ether oxygens (including phenoxy) is 1. The average Bonchev–Trinajstić information content (AvgIpc) is 3.47. The van der Waals surface area contributed by atoms with Crippen molar-refractivity contribution in [2.24, 2.45) is 11.3 Å². The number of aromatic hydroxyl groups is 1. The van der Waals surface area contributed by atoms with Crippen molar-refractivity contribution in [1.82, 2.24) is 39.3 Å². The van der Waals surface area contributed by atoms with Crippen molar-refractivity contribution in [3.8, 4) is 5.75 Å². The normalized spacial score (nSPS) is 23.9. The zero-order valence-electron chi connectivity index (χ0n) is 27.2. The van der Waals surface area contributed by atoms with E-state index in [1.54, 1.807) is 18.7 Å². The molecule has 2 amide bonds. The Morgan fingerprint density at radius 3 is 2.38 bits per heavy atom. The highest BCUT2D eigenvalue weighted by Crippen LogP contribution is 2.76. The number of rotatable bonds is 8. The third kappa shape index (κ3) is 5.29. The number of piperazine rings is 1. The van der Waals surface area contributed by atoms with Gasteiger partial charge in [0.25, 0.3) is 11.5 Å². The van der Waals surface area contributed by atoms with Gasteiger partial charge in [0.15, 0.2) is 11.4 Å². The summed E-state index contributed by atoms with van der Waals surface area (Å²) in [6.07, 6.45) is -5.06. The van der Waals surface area contributed by atoms with Gasteiger partial charge in [0.2, 0.25) is 17.6 Å². The number of nitrogens with zero attached hydrogens (tertiary/aromatic N) is 9. The van der Waals surface area contributed by atoms with E-state index < -0.39 is 59.8 Å². The first kappa shape index (κ1) is 33.9. The largest absolute Gasteiger partial charge is 0.504 e. The number of carbonyl (C=O) groups excluding carboxylic acids is 2. The number of aryl methyl sites for hydroxylation is 1. The van der Waals surface area contributed by atoms with Gasteiger partial charge in [-0.1, -0.05) is 6.92 Å². The van der Waals surface area contributed by atoms with Gasteiger partial charge in [0.05, 0.1) is 30.0 Å². The summed E-state index contributed by atoms with van der Waals surface area (Å²) >= 11 is 0. The molecule has 2 aliphatic carbocycles. The molecule has 5 heterocycles. The number of carbonyl (C=O) groups is 2. The first-order valence-electron chi connectivity index (χ1n) is 16.3. The molecule has 0 aromatic carbocycles. The summed E-state index contributed by atoms with van der Waals surface area (Å²) in [5, 5.41) is 17.5. The predicted molar refractivity (Wildman–Crippen MR) is 164 cm³/mol. The number of morpholine rings is 1. The van der Waals surface area contributed by atoms with Crippen LogP contribution in [0.4, 0.5) is 33.6 Å². The third-order valence-corrected chi connectivity index (χ3v) is 10.4. The smallest absolute Gasteiger partial charge is 0.453 e. The lowest BCUT2D eigenvalue weighted by Gasteiger charge is -2.40. The van der Waals surface area contributed by atoms with Gasteiger partial charge in [-0.15, -0.1) is 5.10 Å². The van der Waals surface area contributed by atoms with Crippen molar-refractivity contribution in [1.29, 1.82) is 0 Å². The number of fused-ring (bicyclic) bond motifs is 2. The molecule has 270 valence electrons. The fourth-order valence-corrected chi connectivity index (χ4v) is 7.51. The highest BCUT2D eigenvalue weighted by molar-refractivity contribution is 5.95. The quantitative estimate of drug-likeness (QED) is 0.323. The van der Waals surface area contributed by atoms with Gasteiger partial charge in [0, 0.05) is 45.3 Å². The van der Waals surface area contributed by atoms with Crippen LogP contribution in [0.1, 0.15) is 41.6 Å². The van der Waals surface area contributed by atoms with Crippen molar-refractivity contribution in [3.63, 3.8) is 0 Å². The highest BCUT2D eigenvalue weighted by Gasteiger charge is 2.85. The molecule has 7 rings (SSSR count). The van der Waals surface area contributed by atoms with E-state index in [-0.39, 0.29) is 73.6 Å². The van der Waals surface area contributed by atoms with Crippen molar-refractivity contribution in [3.05, 3.63) is 33.8 Å². The summed E-state index contributed by atoms with van der Waals surface area (Å²) < 4.78 is 75.7. The van der Waals surface area contributed by atoms with Crippen LogP contribution in [0.25, 0.3) is 5.78 Å². The first-order valence-corrected chi connectivity index (χ1v) is 16.3. The molecule has 3 aromatic rings. The number of halogens is 5. The molecular formula is C30H35F5N10O5. The number of amides is 2. The van der Waals surface area contributed by atoms with E-state index in [1.807, 2.05) is 4.90 Å². The molecule has 2 saturated carbocycles. The van der Waals surface area contributed by atoms with Crippen LogP contribution >= 0.6 is 0 Å². The zero-order valence-corrected chi connectivity index (χ0v) is 27.2. The molecule has 4 aliphatic rings. The number of hydrogen-bond donors (Lipinski definition) is 2. The molecule has 3 aromatic heterocycles. The number of anilines is 2. The van der Waals surface area contributed by atoms with Crippen molar-refractivity contribution >= 4 is 29.2 Å². The molecule has 0 bridgehead atoms. The van der Waals surface area contributed by atoms with Crippen molar-refractivity contribution in [2.75, 3.05) is 62.3 Å². The molecule has 2 aliphatic heterocycles. The van der Waals surface area contributed by atoms with Crippen LogP contribution in [0, 0.1) is 18.3 Å². The topological polar surface area (TPSA) is 163 Å². The van der Waals surface area contributed by atoms with Crippen LogP contribution in [0.2, 0.25) is 0 Å². The van der Waals surface area contributed by atoms with E-state index in [0.717, 1.165) is 4.52 Å². The van der Waals surface area contributed by atoms with Crippen molar-refractivity contribution < 1.29 is 41.4 Å². The van der Waals surface area contributed by atoms with Gasteiger partial charge in [-0.05, 0) is 32.1 Å².